The van der Waals surface area contributed by atoms with Gasteiger partial charge in [-0.1, -0.05) is 31.0 Å². The maximum Gasteiger partial charge on any atom is 0.314 e. The molecule has 2 rings (SSSR count). The summed E-state index contributed by atoms with van der Waals surface area (Å²) in [4.78, 5) is 12.9. The smallest absolute Gasteiger partial charge is 0.314 e. The Hall–Kier alpha value is -1.20. The van der Waals surface area contributed by atoms with E-state index in [0.29, 0.717) is 13.1 Å². The molecule has 0 radical (unpaired) electrons. The van der Waals surface area contributed by atoms with Crippen molar-refractivity contribution >= 4 is 17.8 Å². The van der Waals surface area contributed by atoms with Gasteiger partial charge in [-0.25, -0.2) is 4.79 Å². The highest BCUT2D eigenvalue weighted by Crippen LogP contribution is 2.28. The zero-order valence-corrected chi connectivity index (χ0v) is 13.1. The number of hydrogen-bond donors (Lipinski definition) is 3. The zero-order chi connectivity index (χ0) is 15.0. The number of benzene rings is 1. The molecule has 2 amide bonds. The summed E-state index contributed by atoms with van der Waals surface area (Å²) in [5.74, 6) is 0.980. The van der Waals surface area contributed by atoms with Crippen LogP contribution in [0, 0.1) is 0 Å². The van der Waals surface area contributed by atoms with Crippen LogP contribution in [0.25, 0.3) is 0 Å². The van der Waals surface area contributed by atoms with E-state index in [0.717, 1.165) is 37.9 Å². The molecular formula is C16H24N2O2S. The third kappa shape index (κ3) is 5.98. The van der Waals surface area contributed by atoms with E-state index in [1.54, 1.807) is 11.8 Å². The molecule has 1 aliphatic rings. The van der Waals surface area contributed by atoms with E-state index in [-0.39, 0.29) is 6.03 Å². The van der Waals surface area contributed by atoms with Crippen molar-refractivity contribution in [2.75, 3.05) is 18.8 Å². The van der Waals surface area contributed by atoms with Crippen LogP contribution in [-0.4, -0.2) is 35.6 Å². The first-order valence-electron chi connectivity index (χ1n) is 7.60. The molecule has 0 saturated heterocycles. The number of carbonyl (C=O) groups is 1. The number of urea groups is 1. The highest BCUT2D eigenvalue weighted by atomic mass is 32.2. The molecule has 1 fully saturated rings. The Morgan fingerprint density at radius 3 is 2.62 bits per heavy atom. The fourth-order valence-corrected chi connectivity index (χ4v) is 3.37. The van der Waals surface area contributed by atoms with Crippen LogP contribution in [0.2, 0.25) is 0 Å². The molecule has 21 heavy (non-hydrogen) atoms. The van der Waals surface area contributed by atoms with Crippen LogP contribution in [0.15, 0.2) is 35.2 Å². The second kappa shape index (κ2) is 8.29. The second-order valence-electron chi connectivity index (χ2n) is 5.56. The summed E-state index contributed by atoms with van der Waals surface area (Å²) in [6.45, 7) is 1.02. The van der Waals surface area contributed by atoms with Crippen LogP contribution in [-0.2, 0) is 0 Å². The van der Waals surface area contributed by atoms with Gasteiger partial charge >= 0.3 is 6.03 Å². The maximum atomic E-state index is 11.6. The van der Waals surface area contributed by atoms with Gasteiger partial charge in [0.15, 0.2) is 0 Å². The molecule has 5 heteroatoms. The van der Waals surface area contributed by atoms with E-state index in [1.165, 1.54) is 4.90 Å². The Bertz CT molecular complexity index is 433. The van der Waals surface area contributed by atoms with Gasteiger partial charge in [0, 0.05) is 18.0 Å². The Morgan fingerprint density at radius 1 is 1.19 bits per heavy atom. The maximum absolute atomic E-state index is 11.6. The highest BCUT2D eigenvalue weighted by molar-refractivity contribution is 7.99. The van der Waals surface area contributed by atoms with Gasteiger partial charge in [0.1, 0.15) is 0 Å². The minimum Gasteiger partial charge on any atom is -0.388 e. The van der Waals surface area contributed by atoms with Gasteiger partial charge in [-0.2, -0.15) is 0 Å². The van der Waals surface area contributed by atoms with Gasteiger partial charge in [0.25, 0.3) is 0 Å². The topological polar surface area (TPSA) is 61.4 Å². The van der Waals surface area contributed by atoms with Crippen LogP contribution >= 0.6 is 11.8 Å². The van der Waals surface area contributed by atoms with Crippen LogP contribution in [0.3, 0.4) is 0 Å². The molecule has 0 heterocycles. The van der Waals surface area contributed by atoms with Gasteiger partial charge in [-0.15, -0.1) is 11.8 Å². The largest absolute Gasteiger partial charge is 0.388 e. The molecule has 1 saturated carbocycles. The lowest BCUT2D eigenvalue weighted by molar-refractivity contribution is 0.0501. The number of rotatable bonds is 7. The van der Waals surface area contributed by atoms with Crippen molar-refractivity contribution in [2.45, 2.75) is 42.6 Å². The van der Waals surface area contributed by atoms with Crippen molar-refractivity contribution in [1.29, 1.82) is 0 Å². The van der Waals surface area contributed by atoms with E-state index < -0.39 is 5.60 Å². The van der Waals surface area contributed by atoms with Gasteiger partial charge < -0.3 is 15.7 Å². The van der Waals surface area contributed by atoms with E-state index in [2.05, 4.69) is 22.8 Å². The molecule has 1 aromatic rings. The summed E-state index contributed by atoms with van der Waals surface area (Å²) in [5, 5.41) is 15.7. The number of carbonyl (C=O) groups excluding carboxylic acids is 1. The van der Waals surface area contributed by atoms with Gasteiger partial charge in [0.2, 0.25) is 0 Å². The summed E-state index contributed by atoms with van der Waals surface area (Å²) in [6, 6.07) is 10.1. The van der Waals surface area contributed by atoms with E-state index in [4.69, 9.17) is 0 Å². The lowest BCUT2D eigenvalue weighted by atomic mass is 10.0. The Morgan fingerprint density at radius 2 is 1.90 bits per heavy atom. The van der Waals surface area contributed by atoms with E-state index in [9.17, 15) is 9.90 Å². The van der Waals surface area contributed by atoms with Crippen molar-refractivity contribution in [3.8, 4) is 0 Å². The molecule has 1 aliphatic carbocycles. The average molecular weight is 308 g/mol. The number of nitrogens with one attached hydrogen (secondary N) is 2. The minimum absolute atomic E-state index is 0.181. The highest BCUT2D eigenvalue weighted by Gasteiger charge is 2.31. The quantitative estimate of drug-likeness (QED) is 0.536. The van der Waals surface area contributed by atoms with Crippen LogP contribution in [0.1, 0.15) is 32.1 Å². The standard InChI is InChI=1S/C16H24N2O2S/c19-15(18-13-16(20)9-4-5-10-16)17-11-6-12-21-14-7-2-1-3-8-14/h1-3,7-8,20H,4-6,9-13H2,(H2,17,18,19). The molecular weight excluding hydrogens is 284 g/mol. The second-order valence-corrected chi connectivity index (χ2v) is 6.72. The predicted molar refractivity (Wildman–Crippen MR) is 86.6 cm³/mol. The van der Waals surface area contributed by atoms with Crippen LogP contribution in [0.5, 0.6) is 0 Å². The minimum atomic E-state index is -0.680. The lowest BCUT2D eigenvalue weighted by Crippen LogP contribution is -2.45. The summed E-state index contributed by atoms with van der Waals surface area (Å²) in [7, 11) is 0. The molecule has 0 spiro atoms. The predicted octanol–water partition coefficient (Wildman–Crippen LogP) is 2.77. The normalized spacial score (nSPS) is 16.6. The summed E-state index contributed by atoms with van der Waals surface area (Å²) < 4.78 is 0. The molecule has 0 unspecified atom stereocenters. The zero-order valence-electron chi connectivity index (χ0n) is 12.3. The van der Waals surface area contributed by atoms with Gasteiger partial charge in [0.05, 0.1) is 5.60 Å². The van der Waals surface area contributed by atoms with Crippen LogP contribution < -0.4 is 10.6 Å². The molecule has 0 bridgehead atoms. The monoisotopic (exact) mass is 308 g/mol. The van der Waals surface area contributed by atoms with E-state index >= 15 is 0 Å². The van der Waals surface area contributed by atoms with Crippen molar-refractivity contribution in [3.05, 3.63) is 30.3 Å². The molecule has 1 aromatic carbocycles. The SMILES string of the molecule is O=C(NCCCSc1ccccc1)NCC1(O)CCCC1. The molecule has 0 aromatic heterocycles. The van der Waals surface area contributed by atoms with Crippen LogP contribution in [0.4, 0.5) is 4.79 Å². The fourth-order valence-electron chi connectivity index (χ4n) is 2.50. The Balaban J connectivity index is 1.51. The van der Waals surface area contributed by atoms with Gasteiger partial charge in [-0.05, 0) is 37.1 Å². The third-order valence-electron chi connectivity index (χ3n) is 3.73. The fraction of sp³-hybridized carbons (Fsp3) is 0.562. The first-order chi connectivity index (χ1) is 10.2. The van der Waals surface area contributed by atoms with Crippen molar-refractivity contribution in [1.82, 2.24) is 10.6 Å². The average Bonchev–Trinajstić information content (AvgIpc) is 2.93. The molecule has 3 N–H and O–H groups in total. The van der Waals surface area contributed by atoms with Gasteiger partial charge in [-0.3, -0.25) is 0 Å². The number of amides is 2. The third-order valence-corrected chi connectivity index (χ3v) is 4.83. The van der Waals surface area contributed by atoms with E-state index in [1.807, 2.05) is 18.2 Å². The summed E-state index contributed by atoms with van der Waals surface area (Å²) in [6.07, 6.45) is 4.62. The molecule has 0 aliphatic heterocycles. The van der Waals surface area contributed by atoms with Crippen molar-refractivity contribution < 1.29 is 9.90 Å². The van der Waals surface area contributed by atoms with Crippen molar-refractivity contribution in [2.24, 2.45) is 0 Å². The molecule has 116 valence electrons. The Kier molecular flexibility index (Phi) is 6.39. The number of thioether (sulfide) groups is 1. The molecule has 0 atom stereocenters. The first-order valence-corrected chi connectivity index (χ1v) is 8.58. The lowest BCUT2D eigenvalue weighted by Gasteiger charge is -2.22. The number of hydrogen-bond acceptors (Lipinski definition) is 3. The van der Waals surface area contributed by atoms with Crippen molar-refractivity contribution in [3.63, 3.8) is 0 Å². The molecule has 4 nitrogen and oxygen atoms in total. The Labute approximate surface area is 130 Å². The summed E-state index contributed by atoms with van der Waals surface area (Å²) in [5.41, 5.74) is -0.680. The summed E-state index contributed by atoms with van der Waals surface area (Å²) >= 11 is 1.79. The number of aliphatic hydroxyl groups is 1. The first kappa shape index (κ1) is 16.2.